The maximum absolute atomic E-state index is 12.7. The second kappa shape index (κ2) is 4.83. The van der Waals surface area contributed by atoms with Crippen LogP contribution in [0.25, 0.3) is 0 Å². The van der Waals surface area contributed by atoms with E-state index in [1.54, 1.807) is 6.07 Å². The van der Waals surface area contributed by atoms with E-state index >= 15 is 0 Å². The molecule has 0 aromatic heterocycles. The Morgan fingerprint density at radius 2 is 2.17 bits per heavy atom. The summed E-state index contributed by atoms with van der Waals surface area (Å²) in [7, 11) is 0. The molecule has 0 aliphatic rings. The first kappa shape index (κ1) is 10.0. The highest BCUT2D eigenvalue weighted by Gasteiger charge is 2.00. The molecule has 1 aromatic carbocycles. The second-order valence-corrected chi connectivity index (χ2v) is 3.73. The molecule has 0 nitrogen and oxygen atoms in total. The van der Waals surface area contributed by atoms with Gasteiger partial charge in [0.15, 0.2) is 0 Å². The molecule has 0 fully saturated rings. The third-order valence-electron chi connectivity index (χ3n) is 1.59. The van der Waals surface area contributed by atoms with Gasteiger partial charge in [-0.3, -0.25) is 0 Å². The van der Waals surface area contributed by atoms with E-state index in [2.05, 4.69) is 15.9 Å². The lowest BCUT2D eigenvalue weighted by atomic mass is 10.1. The van der Waals surface area contributed by atoms with Gasteiger partial charge in [-0.25, -0.2) is 4.39 Å². The first-order chi connectivity index (χ1) is 5.74. The predicted molar refractivity (Wildman–Crippen MR) is 53.5 cm³/mol. The topological polar surface area (TPSA) is 0 Å². The monoisotopic (exact) mass is 250 g/mol. The molecule has 0 bridgehead atoms. The quantitative estimate of drug-likeness (QED) is 0.717. The van der Waals surface area contributed by atoms with Gasteiger partial charge in [-0.1, -0.05) is 27.5 Å². The Balaban J connectivity index is 2.75. The Kier molecular flexibility index (Phi) is 4.02. The molecule has 0 unspecified atom stereocenters. The summed E-state index contributed by atoms with van der Waals surface area (Å²) in [5, 5.41) is 1.57. The van der Waals surface area contributed by atoms with Gasteiger partial charge < -0.3 is 0 Å². The van der Waals surface area contributed by atoms with Crippen molar-refractivity contribution in [1.29, 1.82) is 0 Å². The van der Waals surface area contributed by atoms with Gasteiger partial charge >= 0.3 is 0 Å². The Hall–Kier alpha value is -0.0800. The van der Waals surface area contributed by atoms with Crippen LogP contribution in [0.1, 0.15) is 12.0 Å². The standard InChI is InChI=1S/C9H9BrClF/c10-5-1-2-7-6-8(12)3-4-9(7)11/h3-4,6H,1-2,5H2. The highest BCUT2D eigenvalue weighted by atomic mass is 79.9. The molecule has 66 valence electrons. The van der Waals surface area contributed by atoms with Crippen LogP contribution in [0.15, 0.2) is 18.2 Å². The van der Waals surface area contributed by atoms with Gasteiger partial charge in [0.2, 0.25) is 0 Å². The molecule has 0 saturated carbocycles. The molecule has 0 aliphatic heterocycles. The molecule has 0 spiro atoms. The molecule has 0 heterocycles. The van der Waals surface area contributed by atoms with Crippen LogP contribution in [0.2, 0.25) is 5.02 Å². The van der Waals surface area contributed by atoms with E-state index in [-0.39, 0.29) is 5.82 Å². The van der Waals surface area contributed by atoms with Gasteiger partial charge in [-0.05, 0) is 36.6 Å². The van der Waals surface area contributed by atoms with E-state index in [0.29, 0.717) is 5.02 Å². The Labute approximate surface area is 84.9 Å². The van der Waals surface area contributed by atoms with Crippen LogP contribution in [0.4, 0.5) is 4.39 Å². The van der Waals surface area contributed by atoms with Crippen molar-refractivity contribution in [2.24, 2.45) is 0 Å². The summed E-state index contributed by atoms with van der Waals surface area (Å²) in [4.78, 5) is 0. The van der Waals surface area contributed by atoms with Crippen molar-refractivity contribution >= 4 is 27.5 Å². The van der Waals surface area contributed by atoms with Crippen molar-refractivity contribution in [3.05, 3.63) is 34.6 Å². The van der Waals surface area contributed by atoms with Crippen molar-refractivity contribution in [1.82, 2.24) is 0 Å². The van der Waals surface area contributed by atoms with Crippen LogP contribution < -0.4 is 0 Å². The van der Waals surface area contributed by atoms with Crippen LogP contribution in [0, 0.1) is 5.82 Å². The average Bonchev–Trinajstić information content (AvgIpc) is 2.07. The normalized spacial score (nSPS) is 10.2. The van der Waals surface area contributed by atoms with Crippen molar-refractivity contribution in [3.63, 3.8) is 0 Å². The van der Waals surface area contributed by atoms with E-state index in [9.17, 15) is 4.39 Å². The molecule has 0 aliphatic carbocycles. The highest BCUT2D eigenvalue weighted by Crippen LogP contribution is 2.18. The van der Waals surface area contributed by atoms with Crippen molar-refractivity contribution in [2.45, 2.75) is 12.8 Å². The van der Waals surface area contributed by atoms with Gasteiger partial charge in [0.25, 0.3) is 0 Å². The van der Waals surface area contributed by atoms with Crippen LogP contribution in [-0.4, -0.2) is 5.33 Å². The van der Waals surface area contributed by atoms with E-state index in [1.807, 2.05) is 0 Å². The third kappa shape index (κ3) is 2.76. The maximum Gasteiger partial charge on any atom is 0.123 e. The lowest BCUT2D eigenvalue weighted by Gasteiger charge is -2.01. The highest BCUT2D eigenvalue weighted by molar-refractivity contribution is 9.09. The largest absolute Gasteiger partial charge is 0.207 e. The first-order valence-electron chi connectivity index (χ1n) is 3.74. The van der Waals surface area contributed by atoms with Gasteiger partial charge in [-0.15, -0.1) is 0 Å². The molecule has 3 heteroatoms. The van der Waals surface area contributed by atoms with Gasteiger partial charge in [0, 0.05) is 10.4 Å². The molecular formula is C9H9BrClF. The lowest BCUT2D eigenvalue weighted by molar-refractivity contribution is 0.625. The number of hydrogen-bond donors (Lipinski definition) is 0. The van der Waals surface area contributed by atoms with Crippen LogP contribution >= 0.6 is 27.5 Å². The second-order valence-electron chi connectivity index (χ2n) is 2.53. The van der Waals surface area contributed by atoms with Gasteiger partial charge in [0.1, 0.15) is 5.82 Å². The zero-order chi connectivity index (χ0) is 8.97. The SMILES string of the molecule is Fc1ccc(Cl)c(CCCBr)c1. The van der Waals surface area contributed by atoms with E-state index in [1.165, 1.54) is 12.1 Å². The first-order valence-corrected chi connectivity index (χ1v) is 5.24. The predicted octanol–water partition coefficient (Wildman–Crippen LogP) is 3.81. The molecule has 12 heavy (non-hydrogen) atoms. The molecule has 0 atom stereocenters. The molecular weight excluding hydrogens is 242 g/mol. The number of aryl methyl sites for hydroxylation is 1. The van der Waals surface area contributed by atoms with Gasteiger partial charge in [0.05, 0.1) is 0 Å². The lowest BCUT2D eigenvalue weighted by Crippen LogP contribution is -1.88. The van der Waals surface area contributed by atoms with Crippen LogP contribution in [0.5, 0.6) is 0 Å². The smallest absolute Gasteiger partial charge is 0.123 e. The number of halogens is 3. The fourth-order valence-corrected chi connectivity index (χ4v) is 1.48. The molecule has 0 saturated heterocycles. The maximum atomic E-state index is 12.7. The Bertz CT molecular complexity index is 263. The number of hydrogen-bond acceptors (Lipinski definition) is 0. The summed E-state index contributed by atoms with van der Waals surface area (Å²) in [6.07, 6.45) is 1.80. The number of rotatable bonds is 3. The summed E-state index contributed by atoms with van der Waals surface area (Å²) in [5.41, 5.74) is 0.885. The average molecular weight is 252 g/mol. The molecule has 0 radical (unpaired) electrons. The Morgan fingerprint density at radius 3 is 2.83 bits per heavy atom. The summed E-state index contributed by atoms with van der Waals surface area (Å²) < 4.78 is 12.7. The van der Waals surface area contributed by atoms with E-state index in [4.69, 9.17) is 11.6 Å². The fourth-order valence-electron chi connectivity index (χ4n) is 0.992. The van der Waals surface area contributed by atoms with E-state index < -0.39 is 0 Å². The van der Waals surface area contributed by atoms with Crippen molar-refractivity contribution in [3.8, 4) is 0 Å². The van der Waals surface area contributed by atoms with Crippen molar-refractivity contribution in [2.75, 3.05) is 5.33 Å². The summed E-state index contributed by atoms with van der Waals surface area (Å²) in [5.74, 6) is -0.219. The molecule has 1 aromatic rings. The minimum Gasteiger partial charge on any atom is -0.207 e. The molecule has 0 N–H and O–H groups in total. The summed E-state index contributed by atoms with van der Waals surface area (Å²) >= 11 is 9.16. The summed E-state index contributed by atoms with van der Waals surface area (Å²) in [6.45, 7) is 0. The van der Waals surface area contributed by atoms with Crippen molar-refractivity contribution < 1.29 is 4.39 Å². The molecule has 1 rings (SSSR count). The fraction of sp³-hybridized carbons (Fsp3) is 0.333. The number of benzene rings is 1. The minimum atomic E-state index is -0.219. The summed E-state index contributed by atoms with van der Waals surface area (Å²) in [6, 6.07) is 4.46. The van der Waals surface area contributed by atoms with Gasteiger partial charge in [-0.2, -0.15) is 0 Å². The zero-order valence-electron chi connectivity index (χ0n) is 6.49. The van der Waals surface area contributed by atoms with Crippen LogP contribution in [0.3, 0.4) is 0 Å². The third-order valence-corrected chi connectivity index (χ3v) is 2.52. The van der Waals surface area contributed by atoms with Crippen LogP contribution in [-0.2, 0) is 6.42 Å². The number of alkyl halides is 1. The zero-order valence-corrected chi connectivity index (χ0v) is 8.83. The van der Waals surface area contributed by atoms with E-state index in [0.717, 1.165) is 23.7 Å². The minimum absolute atomic E-state index is 0.219. The Morgan fingerprint density at radius 1 is 1.42 bits per heavy atom. The molecule has 0 amide bonds.